The summed E-state index contributed by atoms with van der Waals surface area (Å²) in [5, 5.41) is 0. The zero-order valence-corrected chi connectivity index (χ0v) is 13.4. The number of carbonyl (C=O) groups is 2. The van der Waals surface area contributed by atoms with Crippen molar-refractivity contribution in [2.45, 2.75) is 25.4 Å². The summed E-state index contributed by atoms with van der Waals surface area (Å²) in [6, 6.07) is 8.84. The average molecular weight is 329 g/mol. The lowest BCUT2D eigenvalue weighted by atomic mass is 10.2. The van der Waals surface area contributed by atoms with E-state index < -0.39 is 12.0 Å². The number of likely N-dealkylation sites (tertiary alicyclic amines) is 1. The van der Waals surface area contributed by atoms with Crippen LogP contribution in [0.25, 0.3) is 0 Å². The Kier molecular flexibility index (Phi) is 4.50. The number of benzene rings is 1. The molecule has 1 aromatic carbocycles. The second-order valence-electron chi connectivity index (χ2n) is 5.73. The number of amides is 1. The predicted octanol–water partition coefficient (Wildman–Crippen LogP) is 1.00. The highest BCUT2D eigenvalue weighted by Gasteiger charge is 2.36. The van der Waals surface area contributed by atoms with E-state index in [9.17, 15) is 14.4 Å². The van der Waals surface area contributed by atoms with Crippen molar-refractivity contribution in [3.63, 3.8) is 0 Å². The molecule has 1 aliphatic rings. The van der Waals surface area contributed by atoms with E-state index in [0.717, 1.165) is 12.0 Å². The summed E-state index contributed by atoms with van der Waals surface area (Å²) in [5.41, 5.74) is 0.815. The molecular formula is C17H19N3O4. The molecule has 7 nitrogen and oxygen atoms in total. The van der Waals surface area contributed by atoms with Crippen molar-refractivity contribution in [1.29, 1.82) is 0 Å². The summed E-state index contributed by atoms with van der Waals surface area (Å²) < 4.78 is 6.17. The molecule has 7 heteroatoms. The van der Waals surface area contributed by atoms with Crippen molar-refractivity contribution in [2.24, 2.45) is 0 Å². The zero-order valence-electron chi connectivity index (χ0n) is 13.4. The smallest absolute Gasteiger partial charge is 0.328 e. The SMILES string of the molecule is COC(=O)C1CCCN1C(=O)c1c[nH]c(=O)n1Cc1ccccc1. The van der Waals surface area contributed by atoms with Gasteiger partial charge in [-0.25, -0.2) is 9.59 Å². The number of aromatic nitrogens is 2. The monoisotopic (exact) mass is 329 g/mol. The Hall–Kier alpha value is -2.83. The molecule has 3 rings (SSSR count). The minimum absolute atomic E-state index is 0.250. The van der Waals surface area contributed by atoms with Gasteiger partial charge in [0.05, 0.1) is 13.7 Å². The number of aromatic amines is 1. The minimum atomic E-state index is -0.585. The number of hydrogen-bond acceptors (Lipinski definition) is 4. The summed E-state index contributed by atoms with van der Waals surface area (Å²) in [5.74, 6) is -0.759. The Morgan fingerprint density at radius 1 is 1.29 bits per heavy atom. The van der Waals surface area contributed by atoms with E-state index in [2.05, 4.69) is 4.98 Å². The summed E-state index contributed by atoms with van der Waals surface area (Å²) in [7, 11) is 1.31. The average Bonchev–Trinajstić information content (AvgIpc) is 3.22. The largest absolute Gasteiger partial charge is 0.467 e. The van der Waals surface area contributed by atoms with Crippen LogP contribution in [0.4, 0.5) is 0 Å². The molecule has 2 heterocycles. The van der Waals surface area contributed by atoms with Crippen LogP contribution in [0.5, 0.6) is 0 Å². The summed E-state index contributed by atoms with van der Waals surface area (Å²) >= 11 is 0. The van der Waals surface area contributed by atoms with Gasteiger partial charge in [0.1, 0.15) is 11.7 Å². The fourth-order valence-electron chi connectivity index (χ4n) is 3.03. The summed E-state index contributed by atoms with van der Waals surface area (Å²) in [4.78, 5) is 40.8. The highest BCUT2D eigenvalue weighted by molar-refractivity contribution is 5.95. The summed E-state index contributed by atoms with van der Waals surface area (Å²) in [6.45, 7) is 0.768. The number of nitrogens with zero attached hydrogens (tertiary/aromatic N) is 2. The molecule has 0 radical (unpaired) electrons. The van der Waals surface area contributed by atoms with Gasteiger partial charge in [-0.15, -0.1) is 0 Å². The second-order valence-corrected chi connectivity index (χ2v) is 5.73. The van der Waals surface area contributed by atoms with Crippen LogP contribution >= 0.6 is 0 Å². The van der Waals surface area contributed by atoms with Crippen LogP contribution in [0.15, 0.2) is 41.3 Å². The predicted molar refractivity (Wildman–Crippen MR) is 86.7 cm³/mol. The van der Waals surface area contributed by atoms with E-state index in [1.54, 1.807) is 0 Å². The fraction of sp³-hybridized carbons (Fsp3) is 0.353. The number of methoxy groups -OCH3 is 1. The van der Waals surface area contributed by atoms with Crippen molar-refractivity contribution in [2.75, 3.05) is 13.7 Å². The van der Waals surface area contributed by atoms with Gasteiger partial charge in [0.15, 0.2) is 0 Å². The minimum Gasteiger partial charge on any atom is -0.467 e. The van der Waals surface area contributed by atoms with Crippen LogP contribution in [-0.2, 0) is 16.1 Å². The molecule has 1 fully saturated rings. The van der Waals surface area contributed by atoms with Gasteiger partial charge in [0, 0.05) is 12.7 Å². The molecule has 24 heavy (non-hydrogen) atoms. The summed E-state index contributed by atoms with van der Waals surface area (Å²) in [6.07, 6.45) is 2.71. The van der Waals surface area contributed by atoms with Crippen LogP contribution < -0.4 is 5.69 Å². The first kappa shape index (κ1) is 16.0. The van der Waals surface area contributed by atoms with Crippen LogP contribution in [0.1, 0.15) is 28.9 Å². The quantitative estimate of drug-likeness (QED) is 0.848. The van der Waals surface area contributed by atoms with Crippen molar-refractivity contribution in [3.8, 4) is 0 Å². The van der Waals surface area contributed by atoms with Gasteiger partial charge in [-0.05, 0) is 18.4 Å². The second kappa shape index (κ2) is 6.74. The highest BCUT2D eigenvalue weighted by Crippen LogP contribution is 2.21. The van der Waals surface area contributed by atoms with Crippen molar-refractivity contribution in [1.82, 2.24) is 14.5 Å². The van der Waals surface area contributed by atoms with Crippen LogP contribution in [0.2, 0.25) is 0 Å². The number of hydrogen-bond donors (Lipinski definition) is 1. The number of carbonyl (C=O) groups excluding carboxylic acids is 2. The number of imidazole rings is 1. The first-order chi connectivity index (χ1) is 11.6. The lowest BCUT2D eigenvalue weighted by Crippen LogP contribution is -2.42. The lowest BCUT2D eigenvalue weighted by Gasteiger charge is -2.22. The number of H-pyrrole nitrogens is 1. The Morgan fingerprint density at radius 2 is 2.04 bits per heavy atom. The van der Waals surface area contributed by atoms with Gasteiger partial charge in [0.2, 0.25) is 0 Å². The molecule has 0 saturated carbocycles. The first-order valence-electron chi connectivity index (χ1n) is 7.82. The molecule has 126 valence electrons. The molecular weight excluding hydrogens is 310 g/mol. The van der Waals surface area contributed by atoms with Gasteiger partial charge < -0.3 is 14.6 Å². The van der Waals surface area contributed by atoms with Crippen LogP contribution in [0, 0.1) is 0 Å². The van der Waals surface area contributed by atoms with Gasteiger partial charge in [-0.1, -0.05) is 30.3 Å². The van der Waals surface area contributed by atoms with E-state index in [0.29, 0.717) is 19.5 Å². The molecule has 1 aliphatic heterocycles. The fourth-order valence-corrected chi connectivity index (χ4v) is 3.03. The van der Waals surface area contributed by atoms with Gasteiger partial charge in [-0.3, -0.25) is 9.36 Å². The standard InChI is InChI=1S/C17H19N3O4/c1-24-16(22)13-8-5-9-19(13)15(21)14-10-18-17(23)20(14)11-12-6-3-2-4-7-12/h2-4,6-7,10,13H,5,8-9,11H2,1H3,(H,18,23). The van der Waals surface area contributed by atoms with Gasteiger partial charge >= 0.3 is 11.7 Å². The van der Waals surface area contributed by atoms with E-state index >= 15 is 0 Å². The third kappa shape index (κ3) is 2.97. The molecule has 0 bridgehead atoms. The molecule has 1 atom stereocenters. The molecule has 0 aliphatic carbocycles. The maximum atomic E-state index is 12.8. The molecule has 1 unspecified atom stereocenters. The number of rotatable bonds is 4. The van der Waals surface area contributed by atoms with Gasteiger partial charge in [0.25, 0.3) is 5.91 Å². The molecule has 1 amide bonds. The third-order valence-electron chi connectivity index (χ3n) is 4.26. The van der Waals surface area contributed by atoms with Crippen LogP contribution in [0.3, 0.4) is 0 Å². The Bertz CT molecular complexity index is 794. The Morgan fingerprint density at radius 3 is 2.75 bits per heavy atom. The van der Waals surface area contributed by atoms with Crippen molar-refractivity contribution >= 4 is 11.9 Å². The van der Waals surface area contributed by atoms with E-state index in [4.69, 9.17) is 4.74 Å². The van der Waals surface area contributed by atoms with E-state index in [-0.39, 0.29) is 17.3 Å². The van der Waals surface area contributed by atoms with Crippen molar-refractivity contribution < 1.29 is 14.3 Å². The number of ether oxygens (including phenoxy) is 1. The zero-order chi connectivity index (χ0) is 17.1. The molecule has 1 aromatic heterocycles. The topological polar surface area (TPSA) is 84.4 Å². The molecule has 1 N–H and O–H groups in total. The lowest BCUT2D eigenvalue weighted by molar-refractivity contribution is -0.145. The van der Waals surface area contributed by atoms with Crippen LogP contribution in [-0.4, -0.2) is 46.0 Å². The maximum absolute atomic E-state index is 12.8. The number of esters is 1. The molecule has 2 aromatic rings. The molecule has 1 saturated heterocycles. The van der Waals surface area contributed by atoms with Crippen molar-refractivity contribution in [3.05, 3.63) is 58.3 Å². The van der Waals surface area contributed by atoms with Gasteiger partial charge in [-0.2, -0.15) is 0 Å². The van der Waals surface area contributed by atoms with E-state index in [1.165, 1.54) is 22.8 Å². The third-order valence-corrected chi connectivity index (χ3v) is 4.26. The maximum Gasteiger partial charge on any atom is 0.328 e. The Balaban J connectivity index is 1.88. The first-order valence-corrected chi connectivity index (χ1v) is 7.82. The normalized spacial score (nSPS) is 17.0. The highest BCUT2D eigenvalue weighted by atomic mass is 16.5. The van der Waals surface area contributed by atoms with E-state index in [1.807, 2.05) is 30.3 Å². The Labute approximate surface area is 138 Å². The molecule has 0 spiro atoms. The number of nitrogens with one attached hydrogen (secondary N) is 1.